The molecule has 204 valence electrons. The Morgan fingerprint density at radius 3 is 1.60 bits per heavy atom. The van der Waals surface area contributed by atoms with Crippen molar-refractivity contribution in [3.63, 3.8) is 0 Å². The van der Waals surface area contributed by atoms with Crippen LogP contribution in [0.25, 0.3) is 38.6 Å². The van der Waals surface area contributed by atoms with Gasteiger partial charge in [0, 0.05) is 27.6 Å². The van der Waals surface area contributed by atoms with E-state index in [4.69, 9.17) is 9.98 Å². The molecule has 4 heteroatoms. The van der Waals surface area contributed by atoms with Crippen molar-refractivity contribution in [1.82, 2.24) is 9.88 Å². The van der Waals surface area contributed by atoms with Gasteiger partial charge in [0.1, 0.15) is 12.0 Å². The van der Waals surface area contributed by atoms with E-state index in [0.29, 0.717) is 0 Å². The van der Waals surface area contributed by atoms with Crippen LogP contribution in [0.1, 0.15) is 22.9 Å². The first-order valence-corrected chi connectivity index (χ1v) is 14.5. The van der Waals surface area contributed by atoms with E-state index in [2.05, 4.69) is 131 Å². The quantitative estimate of drug-likeness (QED) is 0.228. The smallest absolute Gasteiger partial charge is 0.159 e. The maximum Gasteiger partial charge on any atom is 0.159 e. The first-order valence-electron chi connectivity index (χ1n) is 14.5. The van der Waals surface area contributed by atoms with Gasteiger partial charge in [0.25, 0.3) is 0 Å². The van der Waals surface area contributed by atoms with Crippen LogP contribution in [-0.4, -0.2) is 16.2 Å². The molecule has 2 heterocycles. The molecule has 0 amide bonds. The van der Waals surface area contributed by atoms with E-state index in [-0.39, 0.29) is 6.17 Å². The summed E-state index contributed by atoms with van der Waals surface area (Å²) < 4.78 is 2.35. The van der Waals surface area contributed by atoms with Crippen LogP contribution in [0.5, 0.6) is 0 Å². The highest BCUT2D eigenvalue weighted by Gasteiger charge is 2.21. The Morgan fingerprint density at radius 1 is 0.465 bits per heavy atom. The molecule has 1 aliphatic heterocycles. The Morgan fingerprint density at radius 2 is 0.977 bits per heavy atom. The monoisotopic (exact) mass is 552 g/mol. The van der Waals surface area contributed by atoms with Gasteiger partial charge < -0.3 is 9.88 Å². The van der Waals surface area contributed by atoms with E-state index in [1.165, 1.54) is 27.4 Å². The minimum Gasteiger partial charge on any atom is -0.344 e. The van der Waals surface area contributed by atoms with Gasteiger partial charge in [-0.2, -0.15) is 0 Å². The number of nitrogens with zero attached hydrogens (tertiary/aromatic N) is 3. The lowest BCUT2D eigenvalue weighted by molar-refractivity contribution is 0.674. The summed E-state index contributed by atoms with van der Waals surface area (Å²) in [4.78, 5) is 9.95. The number of nitrogens with one attached hydrogen (secondary N) is 1. The van der Waals surface area contributed by atoms with Crippen LogP contribution in [0.2, 0.25) is 0 Å². The van der Waals surface area contributed by atoms with Crippen LogP contribution in [0.3, 0.4) is 0 Å². The van der Waals surface area contributed by atoms with Gasteiger partial charge in [-0.05, 0) is 41.0 Å². The second-order valence-electron chi connectivity index (χ2n) is 10.7. The number of aliphatic imine (C=N–C) groups is 2. The number of benzene rings is 6. The van der Waals surface area contributed by atoms with Gasteiger partial charge in [-0.25, -0.2) is 9.98 Å². The third-order valence-electron chi connectivity index (χ3n) is 8.09. The predicted octanol–water partition coefficient (Wildman–Crippen LogP) is 8.95. The van der Waals surface area contributed by atoms with Crippen molar-refractivity contribution in [1.29, 1.82) is 0 Å². The molecule has 4 nitrogen and oxygen atoms in total. The molecule has 0 saturated carbocycles. The maximum absolute atomic E-state index is 5.01. The fourth-order valence-corrected chi connectivity index (χ4v) is 5.94. The molecule has 0 fully saturated rings. The number of aromatic nitrogens is 1. The highest BCUT2D eigenvalue weighted by atomic mass is 15.2. The Bertz CT molecular complexity index is 2070. The standard InChI is InChI=1S/C39H28N4/c1-3-11-29(12-4-1)37-40-38(30-13-5-2-6-14-30)42-39(41-37)31-21-19-27(20-22-31)28-23-25-32(26-24-28)43-35-17-9-7-15-33(35)34-16-8-10-18-36(34)43/h1-26,37H,(H,40,41,42). The highest BCUT2D eigenvalue weighted by molar-refractivity contribution is 6.13. The molecule has 7 aromatic rings. The van der Waals surface area contributed by atoms with E-state index < -0.39 is 0 Å². The number of hydrogen-bond donors (Lipinski definition) is 1. The lowest BCUT2D eigenvalue weighted by atomic mass is 10.0. The SMILES string of the molecule is c1ccc(C2=NC(c3ccc(-c4ccc(-n5c6ccccc6c6ccccc65)cc4)cc3)=NC(c3ccccc3)N2)cc1. The molecule has 8 rings (SSSR count). The summed E-state index contributed by atoms with van der Waals surface area (Å²) in [6.07, 6.45) is -0.211. The van der Waals surface area contributed by atoms with Gasteiger partial charge in [0.05, 0.1) is 11.0 Å². The van der Waals surface area contributed by atoms with Crippen molar-refractivity contribution in [3.05, 3.63) is 174 Å². The molecule has 1 unspecified atom stereocenters. The molecule has 1 aromatic heterocycles. The molecule has 43 heavy (non-hydrogen) atoms. The minimum atomic E-state index is -0.211. The van der Waals surface area contributed by atoms with Gasteiger partial charge >= 0.3 is 0 Å². The molecule has 0 aliphatic carbocycles. The van der Waals surface area contributed by atoms with Crippen LogP contribution >= 0.6 is 0 Å². The van der Waals surface area contributed by atoms with Crippen molar-refractivity contribution in [3.8, 4) is 16.8 Å². The third-order valence-corrected chi connectivity index (χ3v) is 8.09. The van der Waals surface area contributed by atoms with E-state index in [1.807, 2.05) is 36.4 Å². The second-order valence-corrected chi connectivity index (χ2v) is 10.7. The lowest BCUT2D eigenvalue weighted by Gasteiger charge is -2.23. The number of fused-ring (bicyclic) bond motifs is 3. The van der Waals surface area contributed by atoms with Crippen molar-refractivity contribution in [2.75, 3.05) is 0 Å². The van der Waals surface area contributed by atoms with Crippen LogP contribution in [0.15, 0.2) is 168 Å². The van der Waals surface area contributed by atoms with Crippen LogP contribution in [-0.2, 0) is 0 Å². The largest absolute Gasteiger partial charge is 0.344 e. The molecule has 0 radical (unpaired) electrons. The van der Waals surface area contributed by atoms with E-state index in [0.717, 1.165) is 39.6 Å². The first kappa shape index (κ1) is 25.0. The molecule has 1 aliphatic rings. The van der Waals surface area contributed by atoms with Gasteiger partial charge in [-0.3, -0.25) is 0 Å². The van der Waals surface area contributed by atoms with Gasteiger partial charge in [0.2, 0.25) is 0 Å². The average Bonchev–Trinajstić information content (AvgIpc) is 3.43. The van der Waals surface area contributed by atoms with E-state index in [1.54, 1.807) is 0 Å². The molecule has 0 spiro atoms. The highest BCUT2D eigenvalue weighted by Crippen LogP contribution is 2.32. The predicted molar refractivity (Wildman–Crippen MR) is 178 cm³/mol. The zero-order valence-electron chi connectivity index (χ0n) is 23.4. The number of rotatable bonds is 5. The first-order chi connectivity index (χ1) is 21.3. The van der Waals surface area contributed by atoms with Crippen molar-refractivity contribution in [2.24, 2.45) is 9.98 Å². The molecule has 0 bridgehead atoms. The zero-order valence-corrected chi connectivity index (χ0v) is 23.4. The van der Waals surface area contributed by atoms with Crippen LogP contribution < -0.4 is 5.32 Å². The summed E-state index contributed by atoms with van der Waals surface area (Å²) in [5.74, 6) is 1.55. The summed E-state index contributed by atoms with van der Waals surface area (Å²) in [6.45, 7) is 0. The average molecular weight is 553 g/mol. The number of para-hydroxylation sites is 2. The van der Waals surface area contributed by atoms with Gasteiger partial charge in [0.15, 0.2) is 5.84 Å². The molecule has 1 N–H and O–H groups in total. The summed E-state index contributed by atoms with van der Waals surface area (Å²) in [6, 6.07) is 55.1. The van der Waals surface area contributed by atoms with E-state index >= 15 is 0 Å². The van der Waals surface area contributed by atoms with Crippen molar-refractivity contribution >= 4 is 33.5 Å². The Hall–Kier alpha value is -5.74. The van der Waals surface area contributed by atoms with Crippen molar-refractivity contribution in [2.45, 2.75) is 6.17 Å². The summed E-state index contributed by atoms with van der Waals surface area (Å²) in [5, 5.41) is 6.06. The normalized spacial score (nSPS) is 14.7. The Balaban J connectivity index is 1.12. The van der Waals surface area contributed by atoms with Crippen LogP contribution in [0, 0.1) is 0 Å². The number of hydrogen-bond acceptors (Lipinski definition) is 3. The topological polar surface area (TPSA) is 41.7 Å². The summed E-state index contributed by atoms with van der Waals surface area (Å²) in [7, 11) is 0. The Kier molecular flexibility index (Phi) is 6.16. The lowest BCUT2D eigenvalue weighted by Crippen LogP contribution is -2.33. The summed E-state index contributed by atoms with van der Waals surface area (Å²) >= 11 is 0. The maximum atomic E-state index is 5.01. The number of amidine groups is 2. The summed E-state index contributed by atoms with van der Waals surface area (Å²) in [5.41, 5.74) is 9.02. The molecular weight excluding hydrogens is 524 g/mol. The van der Waals surface area contributed by atoms with Gasteiger partial charge in [-0.15, -0.1) is 0 Å². The fraction of sp³-hybridized carbons (Fsp3) is 0.0256. The third kappa shape index (κ3) is 4.59. The molecule has 1 atom stereocenters. The Labute approximate surface area is 250 Å². The fourth-order valence-electron chi connectivity index (χ4n) is 5.94. The zero-order chi connectivity index (χ0) is 28.6. The van der Waals surface area contributed by atoms with Gasteiger partial charge in [-0.1, -0.05) is 133 Å². The van der Waals surface area contributed by atoms with Crippen molar-refractivity contribution < 1.29 is 0 Å². The van der Waals surface area contributed by atoms with Crippen LogP contribution in [0.4, 0.5) is 0 Å². The van der Waals surface area contributed by atoms with E-state index in [9.17, 15) is 0 Å². The molecule has 0 saturated heterocycles. The molecule has 6 aromatic carbocycles. The molecular formula is C39H28N4. The minimum absolute atomic E-state index is 0.211. The second kappa shape index (κ2) is 10.6.